The Balaban J connectivity index is 1.49. The molecule has 200 valence electrons. The van der Waals surface area contributed by atoms with Crippen LogP contribution in [0.2, 0.25) is 0 Å². The summed E-state index contributed by atoms with van der Waals surface area (Å²) >= 11 is 0. The van der Waals surface area contributed by atoms with Crippen molar-refractivity contribution in [2.45, 2.75) is 38.3 Å². The molecule has 0 saturated heterocycles. The summed E-state index contributed by atoms with van der Waals surface area (Å²) in [6.45, 7) is 0.311. The lowest BCUT2D eigenvalue weighted by Crippen LogP contribution is -2.33. The second-order valence-electron chi connectivity index (χ2n) is 9.74. The highest BCUT2D eigenvalue weighted by Crippen LogP contribution is 2.37. The number of aromatic nitrogens is 2. The largest absolute Gasteiger partial charge is 0.496 e. The number of hydrogen-bond acceptors (Lipinski definition) is 6. The van der Waals surface area contributed by atoms with Crippen molar-refractivity contribution in [2.24, 2.45) is 11.7 Å². The number of hydrogen-bond donors (Lipinski definition) is 3. The highest BCUT2D eigenvalue weighted by atomic mass is 16.5. The molecule has 10 heteroatoms. The van der Waals surface area contributed by atoms with Gasteiger partial charge >= 0.3 is 0 Å². The molecular formula is C28H34N6O4. The lowest BCUT2D eigenvalue weighted by Gasteiger charge is -2.30. The van der Waals surface area contributed by atoms with Crippen LogP contribution in [0.15, 0.2) is 48.5 Å². The van der Waals surface area contributed by atoms with E-state index in [1.54, 1.807) is 47.9 Å². The number of rotatable bonds is 8. The maximum absolute atomic E-state index is 12.6. The molecule has 0 bridgehead atoms. The first-order valence-corrected chi connectivity index (χ1v) is 12.6. The summed E-state index contributed by atoms with van der Waals surface area (Å²) in [5.41, 5.74) is 14.7. The van der Waals surface area contributed by atoms with Crippen molar-refractivity contribution in [1.82, 2.24) is 20.0 Å². The average Bonchev–Trinajstić information content (AvgIpc) is 3.28. The van der Waals surface area contributed by atoms with Crippen LogP contribution in [0.3, 0.4) is 0 Å². The minimum Gasteiger partial charge on any atom is -0.496 e. The van der Waals surface area contributed by atoms with E-state index in [1.165, 1.54) is 7.11 Å². The molecule has 0 aliphatic heterocycles. The molecule has 4 rings (SSSR count). The third kappa shape index (κ3) is 5.49. The Kier molecular flexibility index (Phi) is 7.99. The number of carbonyl (C=O) groups excluding carboxylic acids is 3. The number of nitrogens with zero attached hydrogens (tertiary/aromatic N) is 3. The molecule has 0 atom stereocenters. The summed E-state index contributed by atoms with van der Waals surface area (Å²) in [7, 11) is 5.06. The number of anilines is 1. The quantitative estimate of drug-likeness (QED) is 0.418. The third-order valence-electron chi connectivity index (χ3n) is 7.06. The topological polar surface area (TPSA) is 146 Å². The van der Waals surface area contributed by atoms with Crippen LogP contribution in [0.4, 0.5) is 5.82 Å². The number of benzene rings is 2. The zero-order valence-corrected chi connectivity index (χ0v) is 21.9. The van der Waals surface area contributed by atoms with E-state index < -0.39 is 5.91 Å². The van der Waals surface area contributed by atoms with Gasteiger partial charge in [-0.25, -0.2) is 4.68 Å². The first-order chi connectivity index (χ1) is 18.2. The number of nitrogens with one attached hydrogen (secondary N) is 1. The van der Waals surface area contributed by atoms with Crippen LogP contribution in [-0.2, 0) is 11.3 Å². The Hall–Kier alpha value is -4.34. The number of primary amides is 1. The first kappa shape index (κ1) is 26.7. The molecule has 1 heterocycles. The third-order valence-corrected chi connectivity index (χ3v) is 7.06. The van der Waals surface area contributed by atoms with Crippen LogP contribution in [0, 0.1) is 5.92 Å². The van der Waals surface area contributed by atoms with Crippen LogP contribution < -0.4 is 21.5 Å². The molecule has 10 nitrogen and oxygen atoms in total. The minimum atomic E-state index is -0.645. The minimum absolute atomic E-state index is 0.0101. The number of methoxy groups -OCH3 is 1. The molecule has 1 fully saturated rings. The van der Waals surface area contributed by atoms with E-state index in [0.717, 1.165) is 31.2 Å². The van der Waals surface area contributed by atoms with Gasteiger partial charge in [-0.05, 0) is 43.4 Å². The van der Waals surface area contributed by atoms with Gasteiger partial charge in [0.1, 0.15) is 22.8 Å². The number of amides is 3. The summed E-state index contributed by atoms with van der Waals surface area (Å²) in [5.74, 6) is -0.0172. The fourth-order valence-electron chi connectivity index (χ4n) is 4.99. The smallest absolute Gasteiger partial charge is 0.255 e. The molecule has 1 aliphatic carbocycles. The van der Waals surface area contributed by atoms with E-state index in [9.17, 15) is 14.4 Å². The molecule has 3 amide bonds. The van der Waals surface area contributed by atoms with Gasteiger partial charge in [-0.1, -0.05) is 36.4 Å². The van der Waals surface area contributed by atoms with Crippen molar-refractivity contribution in [3.05, 3.63) is 65.2 Å². The van der Waals surface area contributed by atoms with Gasteiger partial charge < -0.3 is 26.4 Å². The predicted molar refractivity (Wildman–Crippen MR) is 144 cm³/mol. The average molecular weight is 519 g/mol. The second-order valence-corrected chi connectivity index (χ2v) is 9.74. The summed E-state index contributed by atoms with van der Waals surface area (Å²) in [6.07, 6.45) is 2.94. The maximum atomic E-state index is 12.6. The van der Waals surface area contributed by atoms with Gasteiger partial charge in [0, 0.05) is 32.1 Å². The molecule has 38 heavy (non-hydrogen) atoms. The second kappa shape index (κ2) is 11.4. The van der Waals surface area contributed by atoms with Crippen molar-refractivity contribution in [1.29, 1.82) is 0 Å². The van der Waals surface area contributed by atoms with E-state index in [-0.39, 0.29) is 35.2 Å². The van der Waals surface area contributed by atoms with Gasteiger partial charge in [0.25, 0.3) is 11.8 Å². The zero-order chi connectivity index (χ0) is 27.4. The lowest BCUT2D eigenvalue weighted by molar-refractivity contribution is -0.134. The Labute approximate surface area is 221 Å². The van der Waals surface area contributed by atoms with Gasteiger partial charge in [-0.2, -0.15) is 5.10 Å². The molecular weight excluding hydrogens is 484 g/mol. The van der Waals surface area contributed by atoms with E-state index in [4.69, 9.17) is 21.3 Å². The molecule has 1 aromatic heterocycles. The van der Waals surface area contributed by atoms with E-state index >= 15 is 0 Å². The van der Waals surface area contributed by atoms with Crippen molar-refractivity contribution in [2.75, 3.05) is 26.9 Å². The number of carbonyl (C=O) groups is 3. The van der Waals surface area contributed by atoms with Gasteiger partial charge in [0.15, 0.2) is 0 Å². The molecule has 2 aromatic carbocycles. The number of nitrogen functional groups attached to an aromatic ring is 1. The standard InChI is InChI=1S/C28H34N6O4/c1-33(2)28(37)19-12-14-20(15-13-19)34-25(29)23(26(30)35)24(32-34)18-10-8-17(9-11-18)16-31-27(36)21-6-4-5-7-22(21)38-3/h4-11,19-20H,12-16,29H2,1-3H3,(H2,30,35)(H,31,36)/t19-,20+. The van der Waals surface area contributed by atoms with Crippen LogP contribution in [0.5, 0.6) is 5.75 Å². The fourth-order valence-corrected chi connectivity index (χ4v) is 4.99. The Morgan fingerprint density at radius 3 is 2.32 bits per heavy atom. The Bertz CT molecular complexity index is 1320. The molecule has 3 aromatic rings. The van der Waals surface area contributed by atoms with Gasteiger partial charge in [-0.3, -0.25) is 14.4 Å². The molecule has 1 aliphatic rings. The molecule has 0 radical (unpaired) electrons. The fraction of sp³-hybridized carbons (Fsp3) is 0.357. The summed E-state index contributed by atoms with van der Waals surface area (Å²) in [4.78, 5) is 38.9. The van der Waals surface area contributed by atoms with Crippen LogP contribution in [-0.4, -0.2) is 53.6 Å². The van der Waals surface area contributed by atoms with Gasteiger partial charge in [0.05, 0.1) is 18.7 Å². The van der Waals surface area contributed by atoms with E-state index in [1.807, 2.05) is 24.3 Å². The summed E-state index contributed by atoms with van der Waals surface area (Å²) < 4.78 is 6.95. The summed E-state index contributed by atoms with van der Waals surface area (Å²) in [5, 5.41) is 7.60. The van der Waals surface area contributed by atoms with Crippen molar-refractivity contribution >= 4 is 23.5 Å². The van der Waals surface area contributed by atoms with Crippen molar-refractivity contribution in [3.8, 4) is 17.0 Å². The molecule has 0 spiro atoms. The Morgan fingerprint density at radius 2 is 1.71 bits per heavy atom. The van der Waals surface area contributed by atoms with Crippen molar-refractivity contribution < 1.29 is 19.1 Å². The van der Waals surface area contributed by atoms with Crippen LogP contribution in [0.1, 0.15) is 58.0 Å². The zero-order valence-electron chi connectivity index (χ0n) is 21.9. The number of ether oxygens (including phenoxy) is 1. The number of nitrogens with two attached hydrogens (primary N) is 2. The SMILES string of the molecule is COc1ccccc1C(=O)NCc1ccc(-c2nn([C@H]3CC[C@@H](C(=O)N(C)C)CC3)c(N)c2C(N)=O)cc1. The van der Waals surface area contributed by atoms with Gasteiger partial charge in [0.2, 0.25) is 5.91 Å². The molecule has 1 saturated carbocycles. The normalized spacial score (nSPS) is 17.0. The predicted octanol–water partition coefficient (Wildman–Crippen LogP) is 2.99. The van der Waals surface area contributed by atoms with E-state index in [0.29, 0.717) is 29.1 Å². The number of para-hydroxylation sites is 1. The van der Waals surface area contributed by atoms with E-state index in [2.05, 4.69) is 5.32 Å². The summed E-state index contributed by atoms with van der Waals surface area (Å²) in [6, 6.07) is 14.4. The van der Waals surface area contributed by atoms with Crippen molar-refractivity contribution in [3.63, 3.8) is 0 Å². The highest BCUT2D eigenvalue weighted by molar-refractivity contribution is 6.03. The highest BCUT2D eigenvalue weighted by Gasteiger charge is 2.31. The Morgan fingerprint density at radius 1 is 1.05 bits per heavy atom. The first-order valence-electron chi connectivity index (χ1n) is 12.6. The maximum Gasteiger partial charge on any atom is 0.255 e. The van der Waals surface area contributed by atoms with Crippen LogP contribution in [0.25, 0.3) is 11.3 Å². The lowest BCUT2D eigenvalue weighted by atomic mass is 9.85. The van der Waals surface area contributed by atoms with Crippen LogP contribution >= 0.6 is 0 Å². The molecule has 5 N–H and O–H groups in total. The van der Waals surface area contributed by atoms with Gasteiger partial charge in [-0.15, -0.1) is 0 Å². The molecule has 0 unspecified atom stereocenters. The monoisotopic (exact) mass is 518 g/mol.